The van der Waals surface area contributed by atoms with E-state index in [1.54, 1.807) is 0 Å². The molecule has 0 amide bonds. The van der Waals surface area contributed by atoms with E-state index in [0.29, 0.717) is 0 Å². The van der Waals surface area contributed by atoms with Gasteiger partial charge in [0.1, 0.15) is 18.8 Å². The number of esters is 1. The van der Waals surface area contributed by atoms with Gasteiger partial charge in [0.2, 0.25) is 0 Å². The molecule has 1 N–H and O–H groups in total. The van der Waals surface area contributed by atoms with Crippen molar-refractivity contribution < 1.29 is 27.6 Å². The minimum absolute atomic E-state index is 0.0212. The third-order valence-corrected chi connectivity index (χ3v) is 15.8. The topological polar surface area (TPSA) is 74.2 Å². The van der Waals surface area contributed by atoms with Gasteiger partial charge in [-0.25, -0.2) is 0 Å². The quantitative estimate of drug-likeness (QED) is 0.348. The Hall–Kier alpha value is -0.516. The highest BCUT2D eigenvalue weighted by Crippen LogP contribution is 2.45. The Balaban J connectivity index is 3.30. The van der Waals surface area contributed by atoms with Gasteiger partial charge >= 0.3 is 23.1 Å². The van der Waals surface area contributed by atoms with Crippen LogP contribution in [0, 0.1) is 0 Å². The molecule has 0 aromatic carbocycles. The molecule has 0 saturated carbocycles. The molecule has 0 aromatic rings. The first-order valence-corrected chi connectivity index (χ1v) is 14.3. The second-order valence-corrected chi connectivity index (χ2v) is 17.7. The first-order chi connectivity index (χ1) is 12.9. The number of aliphatic hydroxyl groups excluding tert-OH is 1. The fourth-order valence-corrected chi connectivity index (χ4v) is 15.0. The van der Waals surface area contributed by atoms with Crippen molar-refractivity contribution >= 4 is 23.1 Å². The second kappa shape index (κ2) is 10.5. The third kappa shape index (κ3) is 5.55. The molecule has 0 aromatic heterocycles. The molecule has 1 heterocycles. The summed E-state index contributed by atoms with van der Waals surface area (Å²) in [6.07, 6.45) is 0.0747. The van der Waals surface area contributed by atoms with Crippen LogP contribution in [0.25, 0.3) is 0 Å². The summed E-state index contributed by atoms with van der Waals surface area (Å²) >= 11 is 0. The Labute approximate surface area is 173 Å². The Kier molecular flexibility index (Phi) is 9.56. The van der Waals surface area contributed by atoms with Crippen molar-refractivity contribution in [3.8, 4) is 0 Å². The highest BCUT2D eigenvalue weighted by atomic mass is 28.5. The van der Waals surface area contributed by atoms with Crippen molar-refractivity contribution in [3.05, 3.63) is 12.7 Å². The molecule has 0 bridgehead atoms. The van der Waals surface area contributed by atoms with Crippen molar-refractivity contribution in [2.45, 2.75) is 96.2 Å². The maximum absolute atomic E-state index is 11.8. The van der Waals surface area contributed by atoms with E-state index in [-0.39, 0.29) is 47.8 Å². The largest absolute Gasteiger partial charge is 0.463 e. The summed E-state index contributed by atoms with van der Waals surface area (Å²) in [7, 11) is -5.47. The standard InChI is InChI=1S/C20H40O6Si2/c1-10-11-20(22)23-13-19-18(21)12-24-27(14(2)3,15(4)5)26-28(25-19,16(6)7)17(8)9/h10,14-19,21H,1,11-13H2,2-9H3. The molecule has 8 heteroatoms. The van der Waals surface area contributed by atoms with Crippen LogP contribution in [0.5, 0.6) is 0 Å². The lowest BCUT2D eigenvalue weighted by Crippen LogP contribution is -2.66. The number of aliphatic hydroxyl groups is 1. The summed E-state index contributed by atoms with van der Waals surface area (Å²) in [6, 6.07) is 0. The van der Waals surface area contributed by atoms with Crippen molar-refractivity contribution in [2.24, 2.45) is 0 Å². The predicted molar refractivity (Wildman–Crippen MR) is 116 cm³/mol. The van der Waals surface area contributed by atoms with Crippen molar-refractivity contribution in [1.82, 2.24) is 0 Å². The molecular weight excluding hydrogens is 392 g/mol. The molecule has 1 rings (SSSR count). The van der Waals surface area contributed by atoms with Gasteiger partial charge in [-0.1, -0.05) is 61.5 Å². The third-order valence-electron chi connectivity index (χ3n) is 5.50. The van der Waals surface area contributed by atoms with Gasteiger partial charge in [-0.2, -0.15) is 0 Å². The maximum Gasteiger partial charge on any atom is 0.335 e. The average Bonchev–Trinajstić information content (AvgIpc) is 2.57. The van der Waals surface area contributed by atoms with Crippen LogP contribution in [0.15, 0.2) is 12.7 Å². The predicted octanol–water partition coefficient (Wildman–Crippen LogP) is 4.42. The highest BCUT2D eigenvalue weighted by Gasteiger charge is 2.58. The van der Waals surface area contributed by atoms with Crippen LogP contribution in [-0.4, -0.2) is 53.6 Å². The van der Waals surface area contributed by atoms with Crippen LogP contribution in [0.4, 0.5) is 0 Å². The summed E-state index contributed by atoms with van der Waals surface area (Å²) < 4.78 is 25.4. The molecule has 2 unspecified atom stereocenters. The monoisotopic (exact) mass is 432 g/mol. The van der Waals surface area contributed by atoms with Crippen molar-refractivity contribution in [1.29, 1.82) is 0 Å². The summed E-state index contributed by atoms with van der Waals surface area (Å²) in [5.74, 6) is -0.385. The lowest BCUT2D eigenvalue weighted by atomic mass is 10.2. The molecule has 2 atom stereocenters. The maximum atomic E-state index is 11.8. The number of carbonyl (C=O) groups is 1. The summed E-state index contributed by atoms with van der Waals surface area (Å²) in [4.78, 5) is 11.8. The molecular formula is C20H40O6Si2. The van der Waals surface area contributed by atoms with Gasteiger partial charge in [0.25, 0.3) is 0 Å². The van der Waals surface area contributed by atoms with E-state index < -0.39 is 29.3 Å². The van der Waals surface area contributed by atoms with E-state index in [1.807, 2.05) is 0 Å². The zero-order valence-electron chi connectivity index (χ0n) is 18.9. The average molecular weight is 433 g/mol. The molecule has 1 aliphatic heterocycles. The minimum atomic E-state index is -2.81. The van der Waals surface area contributed by atoms with E-state index >= 15 is 0 Å². The smallest absolute Gasteiger partial charge is 0.335 e. The van der Waals surface area contributed by atoms with Crippen LogP contribution < -0.4 is 0 Å². The van der Waals surface area contributed by atoms with E-state index in [9.17, 15) is 9.90 Å². The molecule has 1 aliphatic rings. The van der Waals surface area contributed by atoms with Gasteiger partial charge in [-0.15, -0.1) is 6.58 Å². The molecule has 1 fully saturated rings. The lowest BCUT2D eigenvalue weighted by molar-refractivity contribution is -0.149. The van der Waals surface area contributed by atoms with Gasteiger partial charge in [-0.3, -0.25) is 4.79 Å². The van der Waals surface area contributed by atoms with Gasteiger partial charge < -0.3 is 22.8 Å². The van der Waals surface area contributed by atoms with E-state index in [1.165, 1.54) is 6.08 Å². The normalized spacial score (nSPS) is 25.0. The van der Waals surface area contributed by atoms with E-state index in [2.05, 4.69) is 62.0 Å². The number of carbonyl (C=O) groups excluding carboxylic acids is 1. The number of ether oxygens (including phenoxy) is 1. The van der Waals surface area contributed by atoms with Crippen LogP contribution in [0.2, 0.25) is 22.2 Å². The first kappa shape index (κ1) is 25.5. The number of rotatable bonds is 8. The summed E-state index contributed by atoms with van der Waals surface area (Å²) in [6.45, 7) is 20.6. The fourth-order valence-electron chi connectivity index (χ4n) is 3.85. The molecule has 0 spiro atoms. The summed E-state index contributed by atoms with van der Waals surface area (Å²) in [5.41, 5.74) is 0.735. The van der Waals surface area contributed by atoms with Gasteiger partial charge in [0, 0.05) is 0 Å². The molecule has 6 nitrogen and oxygen atoms in total. The zero-order valence-corrected chi connectivity index (χ0v) is 20.9. The fraction of sp³-hybridized carbons (Fsp3) is 0.850. The van der Waals surface area contributed by atoms with Gasteiger partial charge in [0.15, 0.2) is 0 Å². The van der Waals surface area contributed by atoms with Crippen LogP contribution >= 0.6 is 0 Å². The lowest BCUT2D eigenvalue weighted by Gasteiger charge is -2.51. The Morgan fingerprint density at radius 3 is 2.00 bits per heavy atom. The highest BCUT2D eigenvalue weighted by molar-refractivity contribution is 6.83. The van der Waals surface area contributed by atoms with Gasteiger partial charge in [0.05, 0.1) is 13.0 Å². The Morgan fingerprint density at radius 1 is 1.07 bits per heavy atom. The second-order valence-electron chi connectivity index (χ2n) is 8.87. The Bertz CT molecular complexity index is 505. The zero-order chi connectivity index (χ0) is 21.7. The number of hydrogen-bond donors (Lipinski definition) is 1. The number of hydrogen-bond acceptors (Lipinski definition) is 6. The molecule has 1 saturated heterocycles. The van der Waals surface area contributed by atoms with Crippen LogP contribution in [-0.2, 0) is 22.5 Å². The van der Waals surface area contributed by atoms with E-state index in [4.69, 9.17) is 17.7 Å². The van der Waals surface area contributed by atoms with Crippen molar-refractivity contribution in [2.75, 3.05) is 13.2 Å². The SMILES string of the molecule is C=CCC(=O)OCC1O[Si](C(C)C)(C(C)C)O[Si](C(C)C)(C(C)C)OCC1O. The minimum Gasteiger partial charge on any atom is -0.463 e. The molecule has 0 radical (unpaired) electrons. The Morgan fingerprint density at radius 2 is 1.57 bits per heavy atom. The van der Waals surface area contributed by atoms with Crippen LogP contribution in [0.3, 0.4) is 0 Å². The molecule has 164 valence electrons. The van der Waals surface area contributed by atoms with Crippen LogP contribution in [0.1, 0.15) is 61.8 Å². The molecule has 28 heavy (non-hydrogen) atoms. The van der Waals surface area contributed by atoms with Gasteiger partial charge in [-0.05, 0) is 22.2 Å². The molecule has 0 aliphatic carbocycles. The van der Waals surface area contributed by atoms with Crippen molar-refractivity contribution in [3.63, 3.8) is 0 Å². The van der Waals surface area contributed by atoms with E-state index in [0.717, 1.165) is 0 Å². The summed E-state index contributed by atoms with van der Waals surface area (Å²) in [5, 5.41) is 10.8. The first-order valence-electron chi connectivity index (χ1n) is 10.4.